The molecule has 1 aliphatic rings. The van der Waals surface area contributed by atoms with Crippen molar-refractivity contribution in [2.75, 3.05) is 11.9 Å². The van der Waals surface area contributed by atoms with Gasteiger partial charge in [-0.1, -0.05) is 23.7 Å². The molecule has 0 bridgehead atoms. The van der Waals surface area contributed by atoms with Crippen LogP contribution in [0.1, 0.15) is 5.56 Å². The Morgan fingerprint density at radius 2 is 2.05 bits per heavy atom. The highest BCUT2D eigenvalue weighted by atomic mass is 35.5. The van der Waals surface area contributed by atoms with Crippen LogP contribution >= 0.6 is 11.6 Å². The SMILES string of the molecule is N#Cc1ccc(NC(=O)[C@@H]2COc3ccccc3O2)cc1Cl. The molecule has 0 spiro atoms. The van der Waals surface area contributed by atoms with Crippen LogP contribution in [0.25, 0.3) is 0 Å². The monoisotopic (exact) mass is 314 g/mol. The molecule has 0 saturated carbocycles. The fourth-order valence-electron chi connectivity index (χ4n) is 2.06. The zero-order valence-electron chi connectivity index (χ0n) is 11.4. The highest BCUT2D eigenvalue weighted by Crippen LogP contribution is 2.31. The Labute approximate surface area is 132 Å². The lowest BCUT2D eigenvalue weighted by Crippen LogP contribution is -2.40. The number of carbonyl (C=O) groups excluding carboxylic acids is 1. The second kappa shape index (κ2) is 5.96. The van der Waals surface area contributed by atoms with Gasteiger partial charge in [0.25, 0.3) is 5.91 Å². The zero-order chi connectivity index (χ0) is 15.5. The van der Waals surface area contributed by atoms with Crippen molar-refractivity contribution >= 4 is 23.2 Å². The van der Waals surface area contributed by atoms with Gasteiger partial charge >= 0.3 is 0 Å². The van der Waals surface area contributed by atoms with Crippen LogP contribution in [-0.4, -0.2) is 18.6 Å². The van der Waals surface area contributed by atoms with Gasteiger partial charge in [-0.05, 0) is 30.3 Å². The lowest BCUT2D eigenvalue weighted by molar-refractivity contribution is -0.125. The minimum absolute atomic E-state index is 0.132. The van der Waals surface area contributed by atoms with Crippen LogP contribution in [0.2, 0.25) is 5.02 Å². The first-order chi connectivity index (χ1) is 10.7. The van der Waals surface area contributed by atoms with Crippen LogP contribution in [0.3, 0.4) is 0 Å². The second-order valence-corrected chi connectivity index (χ2v) is 5.07. The number of anilines is 1. The number of nitrogens with zero attached hydrogens (tertiary/aromatic N) is 1. The first-order valence-electron chi connectivity index (χ1n) is 6.56. The van der Waals surface area contributed by atoms with E-state index in [0.29, 0.717) is 22.7 Å². The summed E-state index contributed by atoms with van der Waals surface area (Å²) in [4.78, 5) is 12.2. The van der Waals surface area contributed by atoms with Gasteiger partial charge in [-0.3, -0.25) is 4.79 Å². The number of para-hydroxylation sites is 2. The van der Waals surface area contributed by atoms with E-state index >= 15 is 0 Å². The maximum atomic E-state index is 12.2. The third kappa shape index (κ3) is 2.83. The summed E-state index contributed by atoms with van der Waals surface area (Å²) in [7, 11) is 0. The molecule has 1 N–H and O–H groups in total. The second-order valence-electron chi connectivity index (χ2n) is 4.66. The number of nitrogens with one attached hydrogen (secondary N) is 1. The molecule has 110 valence electrons. The fourth-order valence-corrected chi connectivity index (χ4v) is 2.28. The number of nitriles is 1. The quantitative estimate of drug-likeness (QED) is 0.925. The Balaban J connectivity index is 1.71. The molecular formula is C16H11ClN2O3. The van der Waals surface area contributed by atoms with Crippen molar-refractivity contribution in [2.45, 2.75) is 6.10 Å². The molecule has 1 amide bonds. The van der Waals surface area contributed by atoms with Gasteiger partial charge in [-0.2, -0.15) is 5.26 Å². The summed E-state index contributed by atoms with van der Waals surface area (Å²) in [6.07, 6.45) is -0.746. The Hall–Kier alpha value is -2.71. The molecule has 0 aliphatic carbocycles. The third-order valence-electron chi connectivity index (χ3n) is 3.16. The van der Waals surface area contributed by atoms with Gasteiger partial charge < -0.3 is 14.8 Å². The highest BCUT2D eigenvalue weighted by Gasteiger charge is 2.27. The predicted octanol–water partition coefficient (Wildman–Crippen LogP) is 2.99. The van der Waals surface area contributed by atoms with Crippen molar-refractivity contribution in [1.29, 1.82) is 5.26 Å². The van der Waals surface area contributed by atoms with Crippen LogP contribution in [-0.2, 0) is 4.79 Å². The molecule has 5 nitrogen and oxygen atoms in total. The van der Waals surface area contributed by atoms with Gasteiger partial charge in [0.15, 0.2) is 11.5 Å². The highest BCUT2D eigenvalue weighted by molar-refractivity contribution is 6.32. The summed E-state index contributed by atoms with van der Waals surface area (Å²) >= 11 is 5.94. The molecular weight excluding hydrogens is 304 g/mol. The Bertz CT molecular complexity index is 770. The van der Waals surface area contributed by atoms with Gasteiger partial charge in [0, 0.05) is 5.69 Å². The standard InChI is InChI=1S/C16H11ClN2O3/c17-12-7-11(6-5-10(12)8-18)19-16(20)15-9-21-13-3-1-2-4-14(13)22-15/h1-7,15H,9H2,(H,19,20)/t15-/m0/s1. The topological polar surface area (TPSA) is 71.4 Å². The van der Waals surface area contributed by atoms with E-state index < -0.39 is 6.10 Å². The van der Waals surface area contributed by atoms with Crippen molar-refractivity contribution < 1.29 is 14.3 Å². The predicted molar refractivity (Wildman–Crippen MR) is 81.1 cm³/mol. The van der Waals surface area contributed by atoms with Crippen molar-refractivity contribution in [3.63, 3.8) is 0 Å². The van der Waals surface area contributed by atoms with E-state index in [4.69, 9.17) is 26.3 Å². The summed E-state index contributed by atoms with van der Waals surface area (Å²) in [6, 6.07) is 13.8. The lowest BCUT2D eigenvalue weighted by Gasteiger charge is -2.25. The normalized spacial score (nSPS) is 15.7. The fraction of sp³-hybridized carbons (Fsp3) is 0.125. The molecule has 6 heteroatoms. The molecule has 1 atom stereocenters. The van der Waals surface area contributed by atoms with Gasteiger partial charge in [0.1, 0.15) is 12.7 Å². The Morgan fingerprint density at radius 1 is 1.27 bits per heavy atom. The van der Waals surface area contributed by atoms with Crippen molar-refractivity contribution in [1.82, 2.24) is 0 Å². The molecule has 0 aromatic heterocycles. The minimum atomic E-state index is -0.746. The van der Waals surface area contributed by atoms with Crippen molar-refractivity contribution in [3.8, 4) is 17.6 Å². The number of halogens is 1. The van der Waals surface area contributed by atoms with E-state index in [1.165, 1.54) is 6.07 Å². The number of ether oxygens (including phenoxy) is 2. The molecule has 22 heavy (non-hydrogen) atoms. The largest absolute Gasteiger partial charge is 0.485 e. The van der Waals surface area contributed by atoms with E-state index in [1.54, 1.807) is 24.3 Å². The number of hydrogen-bond donors (Lipinski definition) is 1. The lowest BCUT2D eigenvalue weighted by atomic mass is 10.2. The third-order valence-corrected chi connectivity index (χ3v) is 3.47. The average molecular weight is 315 g/mol. The summed E-state index contributed by atoms with van der Waals surface area (Å²) in [5.41, 5.74) is 0.849. The summed E-state index contributed by atoms with van der Waals surface area (Å²) < 4.78 is 11.1. The van der Waals surface area contributed by atoms with Crippen LogP contribution in [0, 0.1) is 11.3 Å². The maximum absolute atomic E-state index is 12.2. The molecule has 1 heterocycles. The average Bonchev–Trinajstić information content (AvgIpc) is 2.54. The first kappa shape index (κ1) is 14.2. The minimum Gasteiger partial charge on any atom is -0.485 e. The van der Waals surface area contributed by atoms with Crippen molar-refractivity contribution in [2.24, 2.45) is 0 Å². The van der Waals surface area contributed by atoms with Crippen LogP contribution in [0.4, 0.5) is 5.69 Å². The van der Waals surface area contributed by atoms with Crippen LogP contribution in [0.5, 0.6) is 11.5 Å². The first-order valence-corrected chi connectivity index (χ1v) is 6.94. The number of carbonyl (C=O) groups is 1. The molecule has 0 fully saturated rings. The van der Waals surface area contributed by atoms with Crippen LogP contribution in [0.15, 0.2) is 42.5 Å². The number of benzene rings is 2. The zero-order valence-corrected chi connectivity index (χ0v) is 12.1. The van der Waals surface area contributed by atoms with Gasteiger partial charge in [-0.25, -0.2) is 0 Å². The number of hydrogen-bond acceptors (Lipinski definition) is 4. The molecule has 0 saturated heterocycles. The van der Waals surface area contributed by atoms with E-state index in [2.05, 4.69) is 5.32 Å². The molecule has 0 radical (unpaired) electrons. The van der Waals surface area contributed by atoms with E-state index in [0.717, 1.165) is 0 Å². The summed E-state index contributed by atoms with van der Waals surface area (Å²) in [6.45, 7) is 0.132. The maximum Gasteiger partial charge on any atom is 0.269 e. The molecule has 2 aromatic rings. The van der Waals surface area contributed by atoms with E-state index in [1.807, 2.05) is 18.2 Å². The van der Waals surface area contributed by atoms with Gasteiger partial charge in [-0.15, -0.1) is 0 Å². The van der Waals surface area contributed by atoms with Gasteiger partial charge in [0.05, 0.1) is 10.6 Å². The van der Waals surface area contributed by atoms with E-state index in [-0.39, 0.29) is 17.5 Å². The number of amides is 1. The smallest absolute Gasteiger partial charge is 0.269 e. The van der Waals surface area contributed by atoms with E-state index in [9.17, 15) is 4.79 Å². The molecule has 0 unspecified atom stereocenters. The summed E-state index contributed by atoms with van der Waals surface area (Å²) in [5, 5.41) is 11.8. The molecule has 2 aromatic carbocycles. The Kier molecular flexibility index (Phi) is 3.86. The molecule has 1 aliphatic heterocycles. The Morgan fingerprint density at radius 3 is 2.77 bits per heavy atom. The number of rotatable bonds is 2. The van der Waals surface area contributed by atoms with Gasteiger partial charge in [0.2, 0.25) is 6.10 Å². The molecule has 3 rings (SSSR count). The van der Waals surface area contributed by atoms with Crippen molar-refractivity contribution in [3.05, 3.63) is 53.1 Å². The van der Waals surface area contributed by atoms with Crippen LogP contribution < -0.4 is 14.8 Å². The number of fused-ring (bicyclic) bond motifs is 1. The summed E-state index contributed by atoms with van der Waals surface area (Å²) in [5.74, 6) is 0.815.